The van der Waals surface area contributed by atoms with Crippen molar-refractivity contribution in [1.82, 2.24) is 0 Å². The van der Waals surface area contributed by atoms with Gasteiger partial charge in [-0.15, -0.1) is 11.8 Å². The number of carbonyl (C=O) groups excluding carboxylic acids is 2. The largest absolute Gasteiger partial charge is 0.326 e. The Hall–Kier alpha value is -2.27. The van der Waals surface area contributed by atoms with Crippen LogP contribution in [0.25, 0.3) is 0 Å². The average molecular weight is 453 g/mol. The molecular weight excluding hydrogens is 416 g/mol. The molecular formula is C27H36N2O2S. The van der Waals surface area contributed by atoms with Crippen molar-refractivity contribution in [3.05, 3.63) is 59.7 Å². The second-order valence-corrected chi connectivity index (χ2v) is 9.56. The smallest absolute Gasteiger partial charge is 0.238 e. The van der Waals surface area contributed by atoms with Gasteiger partial charge >= 0.3 is 0 Å². The number of anilines is 2. The van der Waals surface area contributed by atoms with Gasteiger partial charge in [-0.1, -0.05) is 76.6 Å². The van der Waals surface area contributed by atoms with E-state index in [1.165, 1.54) is 37.7 Å². The highest BCUT2D eigenvalue weighted by Crippen LogP contribution is 2.42. The number of amides is 2. The predicted octanol–water partition coefficient (Wildman–Crippen LogP) is 7.11. The van der Waals surface area contributed by atoms with Crippen molar-refractivity contribution in [2.24, 2.45) is 0 Å². The quantitative estimate of drug-likeness (QED) is 0.349. The van der Waals surface area contributed by atoms with Gasteiger partial charge in [0, 0.05) is 17.8 Å². The molecule has 1 atom stereocenters. The summed E-state index contributed by atoms with van der Waals surface area (Å²) >= 11 is 1.65. The third kappa shape index (κ3) is 6.86. The summed E-state index contributed by atoms with van der Waals surface area (Å²) in [4.78, 5) is 26.7. The summed E-state index contributed by atoms with van der Waals surface area (Å²) in [5.74, 6) is 0.697. The normalized spacial score (nSPS) is 15.9. The molecule has 1 fully saturated rings. The van der Waals surface area contributed by atoms with Crippen molar-refractivity contribution in [1.29, 1.82) is 0 Å². The number of thioether (sulfide) groups is 1. The Bertz CT molecular complexity index is 864. The van der Waals surface area contributed by atoms with Crippen molar-refractivity contribution >= 4 is 35.0 Å². The first-order valence-electron chi connectivity index (χ1n) is 12.0. The SMILES string of the molecule is CCCCCCCCCC(=O)Nc1ccc(C2SCC(=O)N2c2ccc(CC)cc2)cc1. The zero-order chi connectivity index (χ0) is 22.8. The molecule has 1 unspecified atom stereocenters. The lowest BCUT2D eigenvalue weighted by Crippen LogP contribution is -2.27. The van der Waals surface area contributed by atoms with Gasteiger partial charge in [-0.3, -0.25) is 14.5 Å². The van der Waals surface area contributed by atoms with E-state index >= 15 is 0 Å². The fourth-order valence-corrected chi connectivity index (χ4v) is 5.22. The molecule has 1 aliphatic heterocycles. The Labute approximate surface area is 197 Å². The average Bonchev–Trinajstić information content (AvgIpc) is 3.20. The Kier molecular flexibility index (Phi) is 9.66. The van der Waals surface area contributed by atoms with E-state index in [1.54, 1.807) is 11.8 Å². The fraction of sp³-hybridized carbons (Fsp3) is 0.481. The first kappa shape index (κ1) is 24.4. The summed E-state index contributed by atoms with van der Waals surface area (Å²) in [6.45, 7) is 4.35. The van der Waals surface area contributed by atoms with Crippen LogP contribution in [0.3, 0.4) is 0 Å². The number of nitrogens with zero attached hydrogens (tertiary/aromatic N) is 1. The highest BCUT2D eigenvalue weighted by Gasteiger charge is 2.33. The molecule has 0 saturated carbocycles. The topological polar surface area (TPSA) is 49.4 Å². The first-order valence-corrected chi connectivity index (χ1v) is 13.1. The van der Waals surface area contributed by atoms with Gasteiger partial charge in [0.05, 0.1) is 5.75 Å². The van der Waals surface area contributed by atoms with Crippen LogP contribution < -0.4 is 10.2 Å². The maximum absolute atomic E-state index is 12.6. The number of hydrogen-bond acceptors (Lipinski definition) is 3. The zero-order valence-electron chi connectivity index (χ0n) is 19.4. The van der Waals surface area contributed by atoms with Crippen LogP contribution in [0.4, 0.5) is 11.4 Å². The predicted molar refractivity (Wildman–Crippen MR) is 136 cm³/mol. The van der Waals surface area contributed by atoms with Gasteiger partial charge in [0.25, 0.3) is 0 Å². The molecule has 0 aromatic heterocycles. The van der Waals surface area contributed by atoms with Crippen LogP contribution in [0.5, 0.6) is 0 Å². The lowest BCUT2D eigenvalue weighted by atomic mass is 10.1. The van der Waals surface area contributed by atoms with Crippen LogP contribution in [-0.4, -0.2) is 17.6 Å². The van der Waals surface area contributed by atoms with E-state index in [0.29, 0.717) is 12.2 Å². The molecule has 5 heteroatoms. The molecule has 3 rings (SSSR count). The molecule has 0 spiro atoms. The number of benzene rings is 2. The molecule has 1 aliphatic rings. The van der Waals surface area contributed by atoms with E-state index < -0.39 is 0 Å². The lowest BCUT2D eigenvalue weighted by molar-refractivity contribution is -0.116. The van der Waals surface area contributed by atoms with E-state index in [0.717, 1.165) is 36.2 Å². The summed E-state index contributed by atoms with van der Waals surface area (Å²) in [5, 5.41) is 2.97. The van der Waals surface area contributed by atoms with Gasteiger partial charge in [0.2, 0.25) is 11.8 Å². The minimum atomic E-state index is -0.0348. The van der Waals surface area contributed by atoms with Gasteiger partial charge in [-0.25, -0.2) is 0 Å². The van der Waals surface area contributed by atoms with Crippen LogP contribution in [-0.2, 0) is 16.0 Å². The minimum absolute atomic E-state index is 0.0348. The van der Waals surface area contributed by atoms with Crippen molar-refractivity contribution in [3.8, 4) is 0 Å². The van der Waals surface area contributed by atoms with Crippen LogP contribution >= 0.6 is 11.8 Å². The van der Waals surface area contributed by atoms with E-state index in [1.807, 2.05) is 41.3 Å². The second-order valence-electron chi connectivity index (χ2n) is 8.49. The third-order valence-electron chi connectivity index (χ3n) is 5.98. The number of aryl methyl sites for hydroxylation is 1. The summed E-state index contributed by atoms with van der Waals surface area (Å²) in [6.07, 6.45) is 10.0. The fourth-order valence-electron chi connectivity index (χ4n) is 4.04. The molecule has 32 heavy (non-hydrogen) atoms. The highest BCUT2D eigenvalue weighted by atomic mass is 32.2. The highest BCUT2D eigenvalue weighted by molar-refractivity contribution is 8.00. The minimum Gasteiger partial charge on any atom is -0.326 e. The molecule has 1 N–H and O–H groups in total. The van der Waals surface area contributed by atoms with Gasteiger partial charge in [0.15, 0.2) is 0 Å². The summed E-state index contributed by atoms with van der Waals surface area (Å²) in [6, 6.07) is 16.2. The van der Waals surface area contributed by atoms with Gasteiger partial charge in [-0.05, 0) is 48.2 Å². The summed E-state index contributed by atoms with van der Waals surface area (Å²) in [7, 11) is 0. The Morgan fingerprint density at radius 3 is 2.25 bits per heavy atom. The second kappa shape index (κ2) is 12.7. The molecule has 2 amide bonds. The van der Waals surface area contributed by atoms with E-state index in [9.17, 15) is 9.59 Å². The van der Waals surface area contributed by atoms with Crippen LogP contribution in [0.2, 0.25) is 0 Å². The lowest BCUT2D eigenvalue weighted by Gasteiger charge is -2.24. The number of unbranched alkanes of at least 4 members (excludes halogenated alkanes) is 6. The molecule has 1 saturated heterocycles. The third-order valence-corrected chi connectivity index (χ3v) is 7.19. The Morgan fingerprint density at radius 1 is 0.938 bits per heavy atom. The number of carbonyl (C=O) groups is 2. The molecule has 2 aromatic rings. The maximum Gasteiger partial charge on any atom is 0.238 e. The zero-order valence-corrected chi connectivity index (χ0v) is 20.3. The molecule has 4 nitrogen and oxygen atoms in total. The monoisotopic (exact) mass is 452 g/mol. The van der Waals surface area contributed by atoms with Gasteiger partial charge < -0.3 is 5.32 Å². The molecule has 0 radical (unpaired) electrons. The molecule has 0 aliphatic carbocycles. The molecule has 0 bridgehead atoms. The molecule has 1 heterocycles. The summed E-state index contributed by atoms with van der Waals surface area (Å²) in [5.41, 5.74) is 4.09. The number of rotatable bonds is 12. The Morgan fingerprint density at radius 2 is 1.59 bits per heavy atom. The van der Waals surface area contributed by atoms with E-state index in [2.05, 4.69) is 31.3 Å². The van der Waals surface area contributed by atoms with Crippen LogP contribution in [0.15, 0.2) is 48.5 Å². The maximum atomic E-state index is 12.6. The number of nitrogens with one attached hydrogen (secondary N) is 1. The number of hydrogen-bond donors (Lipinski definition) is 1. The van der Waals surface area contributed by atoms with E-state index in [4.69, 9.17) is 0 Å². The van der Waals surface area contributed by atoms with Gasteiger partial charge in [0.1, 0.15) is 5.37 Å². The van der Waals surface area contributed by atoms with Gasteiger partial charge in [-0.2, -0.15) is 0 Å². The van der Waals surface area contributed by atoms with Crippen LogP contribution in [0.1, 0.15) is 81.7 Å². The standard InChI is InChI=1S/C27H36N2O2S/c1-3-5-6-7-8-9-10-11-25(30)28-23-16-14-22(15-17-23)27-29(26(31)20-32-27)24-18-12-21(4-2)13-19-24/h12-19,27H,3-11,20H2,1-2H3,(H,28,30). The van der Waals surface area contributed by atoms with Crippen molar-refractivity contribution in [2.75, 3.05) is 16.0 Å². The van der Waals surface area contributed by atoms with Crippen molar-refractivity contribution in [3.63, 3.8) is 0 Å². The molecule has 172 valence electrons. The summed E-state index contributed by atoms with van der Waals surface area (Å²) < 4.78 is 0. The van der Waals surface area contributed by atoms with Crippen molar-refractivity contribution < 1.29 is 9.59 Å². The first-order chi connectivity index (χ1) is 15.6. The van der Waals surface area contributed by atoms with Crippen LogP contribution in [0, 0.1) is 0 Å². The Balaban J connectivity index is 1.51. The van der Waals surface area contributed by atoms with Crippen molar-refractivity contribution in [2.45, 2.75) is 77.0 Å². The van der Waals surface area contributed by atoms with E-state index in [-0.39, 0.29) is 17.2 Å². The molecule has 2 aromatic carbocycles.